The number of benzene rings is 2. The van der Waals surface area contributed by atoms with Crippen LogP contribution in [0, 0.1) is 6.92 Å². The maximum atomic E-state index is 12.5. The van der Waals surface area contributed by atoms with Gasteiger partial charge in [-0.1, -0.05) is 28.1 Å². The molecule has 0 aliphatic heterocycles. The Balaban J connectivity index is 2.06. The normalized spacial score (nSPS) is 12.9. The molecule has 0 radical (unpaired) electrons. The van der Waals surface area contributed by atoms with Crippen molar-refractivity contribution in [2.75, 3.05) is 13.6 Å². The number of rotatable bonds is 6. The molecule has 7 nitrogen and oxygen atoms in total. The lowest BCUT2D eigenvalue weighted by Crippen LogP contribution is -2.36. The molecular weight excluding hydrogens is 474 g/mol. The van der Waals surface area contributed by atoms with Crippen LogP contribution in [0.4, 0.5) is 4.79 Å². The molecule has 0 saturated carbocycles. The summed E-state index contributed by atoms with van der Waals surface area (Å²) in [6.07, 6.45) is -1.51. The smallest absolute Gasteiger partial charge is 0.410 e. The van der Waals surface area contributed by atoms with E-state index < -0.39 is 27.9 Å². The predicted octanol–water partition coefficient (Wildman–Crippen LogP) is 4.43. The van der Waals surface area contributed by atoms with Crippen LogP contribution in [0.2, 0.25) is 0 Å². The van der Waals surface area contributed by atoms with Gasteiger partial charge in [-0.15, -0.1) is 0 Å². The molecule has 30 heavy (non-hydrogen) atoms. The molecule has 9 heteroatoms. The van der Waals surface area contributed by atoms with Gasteiger partial charge in [0.2, 0.25) is 0 Å². The highest BCUT2D eigenvalue weighted by molar-refractivity contribution is 9.10. The maximum Gasteiger partial charge on any atom is 0.410 e. The van der Waals surface area contributed by atoms with Gasteiger partial charge in [-0.25, -0.2) is 4.79 Å². The average Bonchev–Trinajstić information content (AvgIpc) is 2.60. The fraction of sp³-hybridized carbons (Fsp3) is 0.381. The summed E-state index contributed by atoms with van der Waals surface area (Å²) in [5, 5.41) is 10.4. The molecule has 2 aromatic rings. The predicted molar refractivity (Wildman–Crippen MR) is 117 cm³/mol. The molecule has 2 rings (SSSR count). The van der Waals surface area contributed by atoms with E-state index in [1.54, 1.807) is 52.0 Å². The number of likely N-dealkylation sites (N-methyl/N-ethyl adjacent to an activating group) is 1. The first-order valence-corrected chi connectivity index (χ1v) is 11.4. The molecule has 164 valence electrons. The first kappa shape index (κ1) is 24.2. The number of hydrogen-bond donors (Lipinski definition) is 1. The third kappa shape index (κ3) is 6.72. The number of hydrogen-bond acceptors (Lipinski definition) is 6. The van der Waals surface area contributed by atoms with Gasteiger partial charge in [0.15, 0.2) is 0 Å². The summed E-state index contributed by atoms with van der Waals surface area (Å²) in [4.78, 5) is 13.4. The topological polar surface area (TPSA) is 93.1 Å². The summed E-state index contributed by atoms with van der Waals surface area (Å²) in [5.74, 6) is 0.119. The molecule has 1 amide bonds. The van der Waals surface area contributed by atoms with Gasteiger partial charge in [0.05, 0.1) is 12.6 Å². The summed E-state index contributed by atoms with van der Waals surface area (Å²) in [6, 6.07) is 10.8. The highest BCUT2D eigenvalue weighted by Crippen LogP contribution is 2.25. The Labute approximate surface area is 185 Å². The molecule has 1 N–H and O–H groups in total. The number of carbonyl (C=O) groups excluding carboxylic acids is 1. The number of ether oxygens (including phenoxy) is 1. The summed E-state index contributed by atoms with van der Waals surface area (Å²) >= 11 is 3.30. The molecule has 0 aliphatic carbocycles. The Hall–Kier alpha value is -2.10. The largest absolute Gasteiger partial charge is 0.444 e. The molecule has 0 aromatic heterocycles. The number of halogens is 1. The average molecular weight is 500 g/mol. The summed E-state index contributed by atoms with van der Waals surface area (Å²) < 4.78 is 36.3. The third-order valence-electron chi connectivity index (χ3n) is 4.03. The fourth-order valence-electron chi connectivity index (χ4n) is 2.59. The minimum atomic E-state index is -3.99. The standard InChI is InChI=1S/C21H26BrNO6S/c1-14-12-16(22)8-11-19(14)30(26,27)29-17-9-6-15(7-10-17)18(24)13-23(5)20(25)28-21(2,3)4/h6-12,18,24H,13H2,1-5H3. The first-order chi connectivity index (χ1) is 13.8. The first-order valence-electron chi connectivity index (χ1n) is 9.21. The minimum absolute atomic E-state index is 0.0193. The van der Waals surface area contributed by atoms with E-state index in [1.807, 2.05) is 0 Å². The number of carbonyl (C=O) groups is 1. The number of nitrogens with zero attached hydrogens (tertiary/aromatic N) is 1. The second-order valence-corrected chi connectivity index (χ2v) is 10.3. The van der Waals surface area contributed by atoms with Gasteiger partial charge in [0.1, 0.15) is 16.2 Å². The lowest BCUT2D eigenvalue weighted by Gasteiger charge is -2.26. The lowest BCUT2D eigenvalue weighted by atomic mass is 10.1. The van der Waals surface area contributed by atoms with E-state index >= 15 is 0 Å². The van der Waals surface area contributed by atoms with E-state index in [2.05, 4.69) is 15.9 Å². The van der Waals surface area contributed by atoms with Crippen LogP contribution < -0.4 is 4.18 Å². The minimum Gasteiger partial charge on any atom is -0.444 e. The molecule has 0 saturated heterocycles. The van der Waals surface area contributed by atoms with Crippen molar-refractivity contribution in [3.63, 3.8) is 0 Å². The van der Waals surface area contributed by atoms with E-state index in [0.717, 1.165) is 4.47 Å². The number of aliphatic hydroxyl groups is 1. The zero-order valence-corrected chi connectivity index (χ0v) is 20.0. The van der Waals surface area contributed by atoms with Crippen LogP contribution in [-0.4, -0.2) is 43.7 Å². The zero-order valence-electron chi connectivity index (χ0n) is 17.5. The molecule has 1 unspecified atom stereocenters. The van der Waals surface area contributed by atoms with Gasteiger partial charge in [0.25, 0.3) is 0 Å². The van der Waals surface area contributed by atoms with Crippen molar-refractivity contribution < 1.29 is 27.2 Å². The van der Waals surface area contributed by atoms with Crippen molar-refractivity contribution >= 4 is 32.1 Å². The summed E-state index contributed by atoms with van der Waals surface area (Å²) in [5.41, 5.74) is 0.435. The van der Waals surface area contributed by atoms with Crippen molar-refractivity contribution in [1.29, 1.82) is 0 Å². The van der Waals surface area contributed by atoms with Crippen molar-refractivity contribution in [2.45, 2.75) is 44.3 Å². The zero-order chi connectivity index (χ0) is 22.7. The van der Waals surface area contributed by atoms with Crippen LogP contribution in [0.3, 0.4) is 0 Å². The second kappa shape index (κ2) is 9.36. The number of aliphatic hydroxyl groups excluding tert-OH is 1. The van der Waals surface area contributed by atoms with Crippen LogP contribution in [0.15, 0.2) is 51.8 Å². The summed E-state index contributed by atoms with van der Waals surface area (Å²) in [6.45, 7) is 6.99. The Kier molecular flexibility index (Phi) is 7.54. The van der Waals surface area contributed by atoms with Gasteiger partial charge in [-0.05, 0) is 69.2 Å². The van der Waals surface area contributed by atoms with Gasteiger partial charge >= 0.3 is 16.2 Å². The quantitative estimate of drug-likeness (QED) is 0.591. The maximum absolute atomic E-state index is 12.5. The van der Waals surface area contributed by atoms with E-state index in [1.165, 1.54) is 30.1 Å². The number of aryl methyl sites for hydroxylation is 1. The molecule has 2 aromatic carbocycles. The molecule has 0 bridgehead atoms. The van der Waals surface area contributed by atoms with E-state index in [4.69, 9.17) is 8.92 Å². The molecule has 0 aliphatic rings. The van der Waals surface area contributed by atoms with Crippen LogP contribution in [-0.2, 0) is 14.9 Å². The van der Waals surface area contributed by atoms with Gasteiger partial charge in [0, 0.05) is 11.5 Å². The lowest BCUT2D eigenvalue weighted by molar-refractivity contribution is 0.0205. The fourth-order valence-corrected chi connectivity index (χ4v) is 4.21. The van der Waals surface area contributed by atoms with E-state index in [9.17, 15) is 18.3 Å². The van der Waals surface area contributed by atoms with Crippen LogP contribution >= 0.6 is 15.9 Å². The molecule has 0 spiro atoms. The summed E-state index contributed by atoms with van der Waals surface area (Å²) in [7, 11) is -2.46. The molecule has 0 fully saturated rings. The van der Waals surface area contributed by atoms with Gasteiger partial charge in [-0.3, -0.25) is 0 Å². The van der Waals surface area contributed by atoms with Gasteiger partial charge in [-0.2, -0.15) is 8.42 Å². The molecular formula is C21H26BrNO6S. The van der Waals surface area contributed by atoms with Crippen molar-refractivity contribution in [2.24, 2.45) is 0 Å². The van der Waals surface area contributed by atoms with Gasteiger partial charge < -0.3 is 18.9 Å². The van der Waals surface area contributed by atoms with Crippen molar-refractivity contribution in [3.05, 3.63) is 58.1 Å². The second-order valence-electron chi connectivity index (χ2n) is 7.89. The number of amides is 1. The highest BCUT2D eigenvalue weighted by atomic mass is 79.9. The van der Waals surface area contributed by atoms with E-state index in [0.29, 0.717) is 11.1 Å². The molecule has 0 heterocycles. The Morgan fingerprint density at radius 3 is 2.30 bits per heavy atom. The molecule has 1 atom stereocenters. The van der Waals surface area contributed by atoms with Crippen molar-refractivity contribution in [3.8, 4) is 5.75 Å². The Morgan fingerprint density at radius 1 is 1.17 bits per heavy atom. The highest BCUT2D eigenvalue weighted by Gasteiger charge is 2.23. The third-order valence-corrected chi connectivity index (χ3v) is 5.93. The SMILES string of the molecule is Cc1cc(Br)ccc1S(=O)(=O)Oc1ccc(C(O)CN(C)C(=O)OC(C)(C)C)cc1. The van der Waals surface area contributed by atoms with Crippen molar-refractivity contribution in [1.82, 2.24) is 4.90 Å². The van der Waals surface area contributed by atoms with Crippen LogP contribution in [0.1, 0.15) is 38.0 Å². The Bertz CT molecular complexity index is 999. The Morgan fingerprint density at radius 2 is 1.77 bits per heavy atom. The van der Waals surface area contributed by atoms with Crippen LogP contribution in [0.5, 0.6) is 5.75 Å². The van der Waals surface area contributed by atoms with Crippen LogP contribution in [0.25, 0.3) is 0 Å². The van der Waals surface area contributed by atoms with E-state index in [-0.39, 0.29) is 17.2 Å². The monoisotopic (exact) mass is 499 g/mol.